The van der Waals surface area contributed by atoms with Crippen molar-refractivity contribution in [3.8, 4) is 0 Å². The average molecular weight is 298 g/mol. The van der Waals surface area contributed by atoms with Gasteiger partial charge in [0.2, 0.25) is 5.91 Å². The Morgan fingerprint density at radius 3 is 2.45 bits per heavy atom. The fraction of sp³-hybridized carbons (Fsp3) is 0.632. The van der Waals surface area contributed by atoms with Crippen molar-refractivity contribution in [1.29, 1.82) is 0 Å². The molecule has 2 fully saturated rings. The van der Waals surface area contributed by atoms with Crippen molar-refractivity contribution in [2.75, 3.05) is 19.6 Å². The molecule has 0 unspecified atom stereocenters. The summed E-state index contributed by atoms with van der Waals surface area (Å²) in [5, 5.41) is 0. The van der Waals surface area contributed by atoms with Crippen LogP contribution in [0.15, 0.2) is 18.2 Å². The van der Waals surface area contributed by atoms with E-state index < -0.39 is 0 Å². The van der Waals surface area contributed by atoms with E-state index in [9.17, 15) is 4.79 Å². The van der Waals surface area contributed by atoms with Gasteiger partial charge in [-0.3, -0.25) is 9.69 Å². The Labute approximate surface area is 133 Å². The molecule has 2 heterocycles. The summed E-state index contributed by atoms with van der Waals surface area (Å²) in [5.41, 5.74) is 4.36. The van der Waals surface area contributed by atoms with Gasteiger partial charge in [-0.1, -0.05) is 24.6 Å². The minimum atomic E-state index is 0.325. The number of hydrogen-bond donors (Lipinski definition) is 0. The summed E-state index contributed by atoms with van der Waals surface area (Å²) in [6, 6.07) is 7.78. The monoisotopic (exact) mass is 298 g/mol. The van der Waals surface area contributed by atoms with E-state index in [1.165, 1.54) is 61.9 Å². The summed E-state index contributed by atoms with van der Waals surface area (Å²) in [5.74, 6) is 0.325. The number of likely N-dealkylation sites (tertiary alicyclic amines) is 1. The molecule has 0 aromatic heterocycles. The first kappa shape index (κ1) is 14.3. The number of benzene rings is 1. The molecule has 1 aliphatic carbocycles. The molecule has 118 valence electrons. The van der Waals surface area contributed by atoms with E-state index in [4.69, 9.17) is 0 Å². The van der Waals surface area contributed by atoms with Crippen LogP contribution >= 0.6 is 0 Å². The number of rotatable bonds is 3. The van der Waals surface area contributed by atoms with Gasteiger partial charge in [0.1, 0.15) is 0 Å². The Morgan fingerprint density at radius 2 is 1.77 bits per heavy atom. The molecule has 1 aromatic rings. The highest BCUT2D eigenvalue weighted by Gasteiger charge is 2.26. The number of carbonyl (C=O) groups is 1. The normalized spacial score (nSPS) is 23.3. The van der Waals surface area contributed by atoms with Crippen LogP contribution in [0.5, 0.6) is 0 Å². The molecule has 1 saturated heterocycles. The summed E-state index contributed by atoms with van der Waals surface area (Å²) < 4.78 is 0. The zero-order chi connectivity index (χ0) is 14.9. The first-order valence-electron chi connectivity index (χ1n) is 8.92. The molecule has 0 radical (unpaired) electrons. The zero-order valence-corrected chi connectivity index (χ0v) is 13.4. The second kappa shape index (κ2) is 6.04. The lowest BCUT2D eigenvalue weighted by Crippen LogP contribution is -2.41. The topological polar surface area (TPSA) is 23.6 Å². The van der Waals surface area contributed by atoms with Gasteiger partial charge >= 0.3 is 0 Å². The van der Waals surface area contributed by atoms with E-state index in [0.29, 0.717) is 5.91 Å². The molecular formula is C19H26N2O. The maximum absolute atomic E-state index is 11.8. The van der Waals surface area contributed by atoms with Crippen LogP contribution in [0.3, 0.4) is 0 Å². The van der Waals surface area contributed by atoms with Gasteiger partial charge in [-0.2, -0.15) is 0 Å². The quantitative estimate of drug-likeness (QED) is 0.856. The van der Waals surface area contributed by atoms with Gasteiger partial charge < -0.3 is 4.90 Å². The van der Waals surface area contributed by atoms with Crippen molar-refractivity contribution in [3.63, 3.8) is 0 Å². The second-order valence-corrected chi connectivity index (χ2v) is 7.14. The standard InChI is InChI=1S/C19H26N2O/c22-19-5-2-10-21(19)14-15-6-7-16-8-11-20(18-3-1-4-18)12-9-17(16)13-15/h6-7,13,18H,1-5,8-12,14H2. The molecule has 22 heavy (non-hydrogen) atoms. The molecule has 0 bridgehead atoms. The third-order valence-corrected chi connectivity index (χ3v) is 5.74. The van der Waals surface area contributed by atoms with Gasteiger partial charge in [0.05, 0.1) is 0 Å². The predicted molar refractivity (Wildman–Crippen MR) is 87.7 cm³/mol. The van der Waals surface area contributed by atoms with Crippen LogP contribution in [0.2, 0.25) is 0 Å². The molecule has 0 atom stereocenters. The van der Waals surface area contributed by atoms with Crippen LogP contribution in [-0.2, 0) is 24.2 Å². The molecule has 1 saturated carbocycles. The Balaban J connectivity index is 1.45. The number of amides is 1. The molecular weight excluding hydrogens is 272 g/mol. The second-order valence-electron chi connectivity index (χ2n) is 7.14. The van der Waals surface area contributed by atoms with Gasteiger partial charge in [-0.25, -0.2) is 0 Å². The van der Waals surface area contributed by atoms with Crippen molar-refractivity contribution >= 4 is 5.91 Å². The number of nitrogens with zero attached hydrogens (tertiary/aromatic N) is 2. The van der Waals surface area contributed by atoms with Crippen LogP contribution < -0.4 is 0 Å². The molecule has 4 rings (SSSR count). The van der Waals surface area contributed by atoms with E-state index in [-0.39, 0.29) is 0 Å². The highest BCUT2D eigenvalue weighted by Crippen LogP contribution is 2.28. The zero-order valence-electron chi connectivity index (χ0n) is 13.4. The molecule has 3 nitrogen and oxygen atoms in total. The Hall–Kier alpha value is -1.35. The molecule has 0 N–H and O–H groups in total. The van der Waals surface area contributed by atoms with Crippen molar-refractivity contribution < 1.29 is 4.79 Å². The summed E-state index contributed by atoms with van der Waals surface area (Å²) >= 11 is 0. The molecule has 3 heteroatoms. The SMILES string of the molecule is O=C1CCCN1Cc1ccc2c(c1)CCN(C1CCC1)CC2. The number of hydrogen-bond acceptors (Lipinski definition) is 2. The van der Waals surface area contributed by atoms with Crippen LogP contribution in [0.25, 0.3) is 0 Å². The first-order chi connectivity index (χ1) is 10.8. The number of carbonyl (C=O) groups excluding carboxylic acids is 1. The predicted octanol–water partition coefficient (Wildman–Crippen LogP) is 2.76. The van der Waals surface area contributed by atoms with Crippen LogP contribution in [0.4, 0.5) is 0 Å². The molecule has 1 amide bonds. The lowest BCUT2D eigenvalue weighted by molar-refractivity contribution is -0.128. The van der Waals surface area contributed by atoms with E-state index in [2.05, 4.69) is 23.1 Å². The largest absolute Gasteiger partial charge is 0.338 e. The van der Waals surface area contributed by atoms with Gasteiger partial charge in [0.25, 0.3) is 0 Å². The Kier molecular flexibility index (Phi) is 3.91. The van der Waals surface area contributed by atoms with Crippen LogP contribution in [0.1, 0.15) is 48.8 Å². The van der Waals surface area contributed by atoms with E-state index >= 15 is 0 Å². The Morgan fingerprint density at radius 1 is 0.955 bits per heavy atom. The van der Waals surface area contributed by atoms with Crippen molar-refractivity contribution in [3.05, 3.63) is 34.9 Å². The van der Waals surface area contributed by atoms with Gasteiger partial charge in [0, 0.05) is 38.6 Å². The average Bonchev–Trinajstić information content (AvgIpc) is 2.75. The smallest absolute Gasteiger partial charge is 0.222 e. The van der Waals surface area contributed by atoms with Gasteiger partial charge in [-0.15, -0.1) is 0 Å². The molecule has 3 aliphatic rings. The van der Waals surface area contributed by atoms with Crippen LogP contribution in [-0.4, -0.2) is 41.4 Å². The summed E-state index contributed by atoms with van der Waals surface area (Å²) in [6.07, 6.45) is 8.35. The van der Waals surface area contributed by atoms with Crippen molar-refractivity contribution in [1.82, 2.24) is 9.80 Å². The van der Waals surface area contributed by atoms with Crippen molar-refractivity contribution in [2.45, 2.75) is 57.5 Å². The maximum Gasteiger partial charge on any atom is 0.222 e. The summed E-state index contributed by atoms with van der Waals surface area (Å²) in [4.78, 5) is 16.5. The minimum absolute atomic E-state index is 0.325. The van der Waals surface area contributed by atoms with E-state index in [0.717, 1.165) is 32.0 Å². The summed E-state index contributed by atoms with van der Waals surface area (Å²) in [6.45, 7) is 4.18. The lowest BCUT2D eigenvalue weighted by atomic mass is 9.91. The van der Waals surface area contributed by atoms with Crippen molar-refractivity contribution in [2.24, 2.45) is 0 Å². The van der Waals surface area contributed by atoms with Gasteiger partial charge in [0.15, 0.2) is 0 Å². The maximum atomic E-state index is 11.8. The third kappa shape index (κ3) is 2.79. The molecule has 2 aliphatic heterocycles. The highest BCUT2D eigenvalue weighted by atomic mass is 16.2. The van der Waals surface area contributed by atoms with E-state index in [1.54, 1.807) is 0 Å². The minimum Gasteiger partial charge on any atom is -0.338 e. The third-order valence-electron chi connectivity index (χ3n) is 5.74. The van der Waals surface area contributed by atoms with Crippen LogP contribution in [0, 0.1) is 0 Å². The first-order valence-corrected chi connectivity index (χ1v) is 8.92. The molecule has 0 spiro atoms. The summed E-state index contributed by atoms with van der Waals surface area (Å²) in [7, 11) is 0. The Bertz CT molecular complexity index is 565. The molecule has 1 aromatic carbocycles. The number of fused-ring (bicyclic) bond motifs is 1. The lowest BCUT2D eigenvalue weighted by Gasteiger charge is -2.36. The highest BCUT2D eigenvalue weighted by molar-refractivity contribution is 5.78. The van der Waals surface area contributed by atoms with Gasteiger partial charge in [-0.05, 0) is 48.8 Å². The fourth-order valence-electron chi connectivity index (χ4n) is 4.10. The van der Waals surface area contributed by atoms with E-state index in [1.807, 2.05) is 4.90 Å². The fourth-order valence-corrected chi connectivity index (χ4v) is 4.10.